The molecule has 1 aromatic rings. The Morgan fingerprint density at radius 2 is 2.23 bits per heavy atom. The summed E-state index contributed by atoms with van der Waals surface area (Å²) < 4.78 is 0. The number of rotatable bonds is 2. The van der Waals surface area contributed by atoms with Crippen molar-refractivity contribution >= 4 is 23.2 Å². The van der Waals surface area contributed by atoms with Gasteiger partial charge < -0.3 is 5.11 Å². The Kier molecular flexibility index (Phi) is 3.31. The molecule has 0 saturated heterocycles. The smallest absolute Gasteiger partial charge is 0.136 e. The van der Waals surface area contributed by atoms with Crippen molar-refractivity contribution in [3.63, 3.8) is 0 Å². The molecule has 0 bridgehead atoms. The van der Waals surface area contributed by atoms with Gasteiger partial charge in [-0.3, -0.25) is 0 Å². The summed E-state index contributed by atoms with van der Waals surface area (Å²) in [5, 5.41) is 10.1. The Morgan fingerprint density at radius 3 is 2.69 bits per heavy atom. The van der Waals surface area contributed by atoms with Crippen LogP contribution in [0.5, 0.6) is 0 Å². The summed E-state index contributed by atoms with van der Waals surface area (Å²) in [7, 11) is 0. The van der Waals surface area contributed by atoms with Gasteiger partial charge in [0, 0.05) is 11.3 Å². The monoisotopic (exact) mass is 217 g/mol. The van der Waals surface area contributed by atoms with E-state index in [-0.39, 0.29) is 5.15 Å². The van der Waals surface area contributed by atoms with Gasteiger partial charge >= 0.3 is 0 Å². The van der Waals surface area contributed by atoms with Crippen molar-refractivity contribution in [3.8, 4) is 0 Å². The van der Waals surface area contributed by atoms with Crippen LogP contribution >= 0.6 is 23.2 Å². The predicted molar refractivity (Wildman–Crippen MR) is 54.2 cm³/mol. The first kappa shape index (κ1) is 10.5. The molecule has 0 aromatic carbocycles. The van der Waals surface area contributed by atoms with Crippen molar-refractivity contribution in [2.24, 2.45) is 0 Å². The minimum Gasteiger partial charge on any atom is -0.384 e. The summed E-state index contributed by atoms with van der Waals surface area (Å²) in [4.78, 5) is 3.98. The summed E-state index contributed by atoms with van der Waals surface area (Å²) in [6, 6.07) is 1.65. The predicted octanol–water partition coefficient (Wildman–Crippen LogP) is 2.92. The average molecular weight is 218 g/mol. The molecule has 1 rings (SSSR count). The number of aromatic nitrogens is 1. The molecule has 0 amide bonds. The first-order chi connectivity index (χ1) is 6.06. The van der Waals surface area contributed by atoms with Crippen LogP contribution in [-0.2, 0) is 0 Å². The van der Waals surface area contributed by atoms with Crippen LogP contribution < -0.4 is 0 Å². The largest absolute Gasteiger partial charge is 0.384 e. The summed E-state index contributed by atoms with van der Waals surface area (Å²) in [5.41, 5.74) is 1.12. The van der Waals surface area contributed by atoms with Gasteiger partial charge in [-0.1, -0.05) is 29.3 Å². The van der Waals surface area contributed by atoms with E-state index in [1.807, 2.05) is 0 Å². The molecule has 0 saturated carbocycles. The maximum absolute atomic E-state index is 9.45. The molecule has 4 heteroatoms. The lowest BCUT2D eigenvalue weighted by Gasteiger charge is -2.10. The minimum absolute atomic E-state index is 0.220. The molecule has 1 aromatic heterocycles. The SMILES string of the molecule is C=CC(O)c1c(Cl)cc(C)nc1Cl. The van der Waals surface area contributed by atoms with Crippen LogP contribution in [0.4, 0.5) is 0 Å². The van der Waals surface area contributed by atoms with E-state index in [1.54, 1.807) is 13.0 Å². The van der Waals surface area contributed by atoms with Gasteiger partial charge in [-0.15, -0.1) is 6.58 Å². The Labute approximate surface area is 86.8 Å². The third-order valence-electron chi connectivity index (χ3n) is 1.61. The second-order valence-corrected chi connectivity index (χ2v) is 3.40. The van der Waals surface area contributed by atoms with Gasteiger partial charge in [0.25, 0.3) is 0 Å². The maximum atomic E-state index is 9.45. The molecule has 0 fully saturated rings. The number of pyridine rings is 1. The quantitative estimate of drug-likeness (QED) is 0.611. The molecule has 2 nitrogen and oxygen atoms in total. The summed E-state index contributed by atoms with van der Waals surface area (Å²) >= 11 is 11.7. The Bertz CT molecular complexity index is 315. The van der Waals surface area contributed by atoms with E-state index in [2.05, 4.69) is 11.6 Å². The van der Waals surface area contributed by atoms with Gasteiger partial charge in [0.05, 0.1) is 5.02 Å². The van der Waals surface area contributed by atoms with Crippen molar-refractivity contribution in [2.75, 3.05) is 0 Å². The zero-order chi connectivity index (χ0) is 10.0. The number of aliphatic hydroxyl groups is 1. The number of nitrogens with zero attached hydrogens (tertiary/aromatic N) is 1. The lowest BCUT2D eigenvalue weighted by molar-refractivity contribution is 0.229. The van der Waals surface area contributed by atoms with Gasteiger partial charge in [0.15, 0.2) is 0 Å². The van der Waals surface area contributed by atoms with Gasteiger partial charge in [-0.05, 0) is 13.0 Å². The molecule has 1 heterocycles. The molecule has 1 N–H and O–H groups in total. The molecule has 1 unspecified atom stereocenters. The first-order valence-corrected chi connectivity index (χ1v) is 4.45. The highest BCUT2D eigenvalue weighted by molar-refractivity contribution is 6.35. The molecule has 0 aliphatic heterocycles. The lowest BCUT2D eigenvalue weighted by atomic mass is 10.1. The van der Waals surface area contributed by atoms with E-state index in [4.69, 9.17) is 23.2 Å². The van der Waals surface area contributed by atoms with Gasteiger partial charge in [0.1, 0.15) is 11.3 Å². The zero-order valence-corrected chi connectivity index (χ0v) is 8.60. The van der Waals surface area contributed by atoms with Crippen molar-refractivity contribution in [1.29, 1.82) is 0 Å². The Balaban J connectivity index is 3.28. The van der Waals surface area contributed by atoms with E-state index in [0.717, 1.165) is 5.69 Å². The van der Waals surface area contributed by atoms with Crippen molar-refractivity contribution in [2.45, 2.75) is 13.0 Å². The summed E-state index contributed by atoms with van der Waals surface area (Å²) in [6.45, 7) is 5.23. The second kappa shape index (κ2) is 4.09. The van der Waals surface area contributed by atoms with Crippen LogP contribution in [0.15, 0.2) is 18.7 Å². The molecular weight excluding hydrogens is 209 g/mol. The van der Waals surface area contributed by atoms with E-state index < -0.39 is 6.10 Å². The molecule has 0 aliphatic rings. The first-order valence-electron chi connectivity index (χ1n) is 3.69. The fourth-order valence-electron chi connectivity index (χ4n) is 0.988. The maximum Gasteiger partial charge on any atom is 0.136 e. The van der Waals surface area contributed by atoms with E-state index in [1.165, 1.54) is 6.08 Å². The molecular formula is C9H9Cl2NO. The highest BCUT2D eigenvalue weighted by atomic mass is 35.5. The minimum atomic E-state index is -0.868. The zero-order valence-electron chi connectivity index (χ0n) is 7.09. The molecule has 0 aliphatic carbocycles. The fourth-order valence-corrected chi connectivity index (χ4v) is 1.74. The van der Waals surface area contributed by atoms with Gasteiger partial charge in [-0.25, -0.2) is 4.98 Å². The molecule has 0 radical (unpaired) electrons. The van der Waals surface area contributed by atoms with Crippen LogP contribution in [0.1, 0.15) is 17.4 Å². The lowest BCUT2D eigenvalue weighted by Crippen LogP contribution is -1.98. The Morgan fingerprint density at radius 1 is 1.62 bits per heavy atom. The number of halogens is 2. The molecule has 0 spiro atoms. The highest BCUT2D eigenvalue weighted by Gasteiger charge is 2.14. The van der Waals surface area contributed by atoms with Crippen molar-refractivity contribution in [3.05, 3.63) is 40.2 Å². The van der Waals surface area contributed by atoms with Crippen LogP contribution in [0, 0.1) is 6.92 Å². The fraction of sp³-hybridized carbons (Fsp3) is 0.222. The Hall–Kier alpha value is -0.570. The number of hydrogen-bond acceptors (Lipinski definition) is 2. The summed E-state index contributed by atoms with van der Waals surface area (Å²) in [6.07, 6.45) is 0.484. The second-order valence-electron chi connectivity index (χ2n) is 2.63. The van der Waals surface area contributed by atoms with Crippen LogP contribution in [0.25, 0.3) is 0 Å². The van der Waals surface area contributed by atoms with Crippen LogP contribution in [0.3, 0.4) is 0 Å². The summed E-state index contributed by atoms with van der Waals surface area (Å²) in [5.74, 6) is 0. The van der Waals surface area contributed by atoms with E-state index >= 15 is 0 Å². The van der Waals surface area contributed by atoms with Crippen molar-refractivity contribution < 1.29 is 5.11 Å². The van der Waals surface area contributed by atoms with E-state index in [0.29, 0.717) is 10.6 Å². The topological polar surface area (TPSA) is 33.1 Å². The van der Waals surface area contributed by atoms with Gasteiger partial charge in [-0.2, -0.15) is 0 Å². The molecule has 70 valence electrons. The van der Waals surface area contributed by atoms with Gasteiger partial charge in [0.2, 0.25) is 0 Å². The molecule has 13 heavy (non-hydrogen) atoms. The normalized spacial score (nSPS) is 12.6. The third-order valence-corrected chi connectivity index (χ3v) is 2.21. The van der Waals surface area contributed by atoms with Crippen LogP contribution in [0.2, 0.25) is 10.2 Å². The van der Waals surface area contributed by atoms with E-state index in [9.17, 15) is 5.11 Å². The molecule has 1 atom stereocenters. The number of aliphatic hydroxyl groups excluding tert-OH is 1. The third kappa shape index (κ3) is 2.21. The van der Waals surface area contributed by atoms with Crippen LogP contribution in [-0.4, -0.2) is 10.1 Å². The standard InChI is InChI=1S/C9H9Cl2NO/c1-3-7(13)8-6(10)4-5(2)12-9(8)11/h3-4,7,13H,1H2,2H3. The number of hydrogen-bond donors (Lipinski definition) is 1. The van der Waals surface area contributed by atoms with Crippen molar-refractivity contribution in [1.82, 2.24) is 4.98 Å². The highest BCUT2D eigenvalue weighted by Crippen LogP contribution is 2.29. The number of aryl methyl sites for hydroxylation is 1. The average Bonchev–Trinajstić information content (AvgIpc) is 2.02.